The van der Waals surface area contributed by atoms with Gasteiger partial charge in [-0.05, 0) is 50.9 Å². The lowest BCUT2D eigenvalue weighted by molar-refractivity contribution is -0.161. The monoisotopic (exact) mass is 783 g/mol. The summed E-state index contributed by atoms with van der Waals surface area (Å²) in [4.78, 5) is 42.8. The van der Waals surface area contributed by atoms with E-state index in [0.29, 0.717) is 32.1 Å². The molecule has 2 atom stereocenters. The fraction of sp³-hybridized carbons (Fsp3) is 0.773. The maximum absolute atomic E-state index is 12.4. The molecule has 0 radical (unpaired) electrons. The van der Waals surface area contributed by atoms with E-state index >= 15 is 0 Å². The van der Waals surface area contributed by atoms with E-state index in [1.807, 2.05) is 36.5 Å². The van der Waals surface area contributed by atoms with E-state index in [2.05, 4.69) is 31.4 Å². The van der Waals surface area contributed by atoms with Crippen LogP contribution in [0.25, 0.3) is 0 Å². The Labute approximate surface area is 329 Å². The minimum atomic E-state index is -4.79. The number of carbonyl (C=O) groups excluding carboxylic acids is 2. The Morgan fingerprint density at radius 2 is 1.19 bits per heavy atom. The van der Waals surface area contributed by atoms with Gasteiger partial charge >= 0.3 is 19.8 Å². The first-order chi connectivity index (χ1) is 26.0. The lowest BCUT2D eigenvalue weighted by Crippen LogP contribution is -2.29. The molecule has 0 aliphatic carbocycles. The smallest absolute Gasteiger partial charge is 0.462 e. The molecule has 0 spiro atoms. The fourth-order valence-electron chi connectivity index (χ4n) is 5.87. The van der Waals surface area contributed by atoms with Crippen LogP contribution in [0.4, 0.5) is 0 Å². The van der Waals surface area contributed by atoms with E-state index in [-0.39, 0.29) is 19.4 Å². The number of ether oxygens (including phenoxy) is 2. The van der Waals surface area contributed by atoms with E-state index in [0.717, 1.165) is 31.6 Å². The van der Waals surface area contributed by atoms with Crippen molar-refractivity contribution in [2.75, 3.05) is 13.2 Å². The summed E-state index contributed by atoms with van der Waals surface area (Å²) in [7, 11) is -4.79. The van der Waals surface area contributed by atoms with Crippen molar-refractivity contribution in [2.45, 2.75) is 200 Å². The normalized spacial score (nSPS) is 13.6. The number of rotatable bonds is 38. The van der Waals surface area contributed by atoms with Crippen molar-refractivity contribution in [1.29, 1.82) is 0 Å². The molecular weight excluding hydrogens is 703 g/mol. The third kappa shape index (κ3) is 41.1. The highest BCUT2D eigenvalue weighted by Crippen LogP contribution is 2.36. The van der Waals surface area contributed by atoms with E-state index in [1.54, 1.807) is 6.08 Å². The molecular formula is C44H79O9P. The van der Waals surface area contributed by atoms with Gasteiger partial charge in [0, 0.05) is 12.8 Å². The number of phosphoric acid groups is 1. The van der Waals surface area contributed by atoms with Crippen molar-refractivity contribution in [3.05, 3.63) is 48.6 Å². The molecule has 0 aromatic heterocycles. The topological polar surface area (TPSA) is 140 Å². The fourth-order valence-corrected chi connectivity index (χ4v) is 6.23. The van der Waals surface area contributed by atoms with Crippen molar-refractivity contribution in [3.63, 3.8) is 0 Å². The van der Waals surface area contributed by atoms with Crippen LogP contribution >= 0.6 is 7.82 Å². The van der Waals surface area contributed by atoms with Gasteiger partial charge in [0.2, 0.25) is 0 Å². The Bertz CT molecular complexity index is 1050. The molecule has 0 rings (SSSR count). The Balaban J connectivity index is 4.04. The van der Waals surface area contributed by atoms with Gasteiger partial charge in [-0.1, -0.05) is 179 Å². The van der Waals surface area contributed by atoms with Crippen molar-refractivity contribution >= 4 is 19.8 Å². The standard InChI is InChI=1S/C44H79O9P/c1-4-5-6-7-18-24-29-34-41(45)35-30-25-20-17-22-27-32-37-44(47)53-42(39-52-54(48,49)50)38-51-43(46)36-31-26-21-16-14-12-10-8-9-11-13-15-19-23-28-33-40(2)3/h17-18,22,24-25,29-30,34,40-42,45H,4-16,19-21,23,26-28,31-33,35-39H2,1-3H3,(H2,48,49,50)/b22-17+,24-18-,30-25-,34-29-/t41-,42+/m0/s1. The average Bonchev–Trinajstić information content (AvgIpc) is 3.12. The Hall–Kier alpha value is -2.03. The molecule has 0 heterocycles. The van der Waals surface area contributed by atoms with Crippen molar-refractivity contribution in [1.82, 2.24) is 0 Å². The first-order valence-electron chi connectivity index (χ1n) is 21.4. The molecule has 3 N–H and O–H groups in total. The van der Waals surface area contributed by atoms with Crippen molar-refractivity contribution in [2.24, 2.45) is 5.92 Å². The highest BCUT2D eigenvalue weighted by Gasteiger charge is 2.22. The van der Waals surface area contributed by atoms with Crippen LogP contribution in [0.2, 0.25) is 0 Å². The third-order valence-corrected chi connectivity index (χ3v) is 9.59. The number of hydrogen-bond donors (Lipinski definition) is 3. The Morgan fingerprint density at radius 1 is 0.630 bits per heavy atom. The Kier molecular flexibility index (Phi) is 36.4. The minimum Gasteiger partial charge on any atom is -0.462 e. The first kappa shape index (κ1) is 52.0. The zero-order chi connectivity index (χ0) is 40.0. The second-order valence-corrected chi connectivity index (χ2v) is 16.2. The van der Waals surface area contributed by atoms with Gasteiger partial charge in [0.1, 0.15) is 6.61 Å². The molecule has 0 saturated carbocycles. The summed E-state index contributed by atoms with van der Waals surface area (Å²) in [6, 6.07) is 0. The summed E-state index contributed by atoms with van der Waals surface area (Å²) in [5.74, 6) is -0.157. The SMILES string of the molecule is CCCCC/C=C\C=C/[C@H](O)C/C=C\C/C=C/CCCC(=O)O[C@H](COC(=O)CCCCCCCCCCCCCCCCCC(C)C)COP(=O)(O)O. The summed E-state index contributed by atoms with van der Waals surface area (Å²) in [5, 5.41) is 10.0. The predicted octanol–water partition coefficient (Wildman–Crippen LogP) is 12.0. The maximum Gasteiger partial charge on any atom is 0.469 e. The number of carbonyl (C=O) groups is 2. The number of unbranched alkanes of at least 4 members (excludes halogenated alkanes) is 18. The van der Waals surface area contributed by atoms with Gasteiger partial charge in [-0.15, -0.1) is 0 Å². The van der Waals surface area contributed by atoms with Crippen LogP contribution in [0.15, 0.2) is 48.6 Å². The quantitative estimate of drug-likeness (QED) is 0.0183. The summed E-state index contributed by atoms with van der Waals surface area (Å²) < 4.78 is 26.3. The highest BCUT2D eigenvalue weighted by molar-refractivity contribution is 7.46. The molecule has 0 aliphatic rings. The molecule has 10 heteroatoms. The van der Waals surface area contributed by atoms with Gasteiger partial charge in [0.25, 0.3) is 0 Å². The summed E-state index contributed by atoms with van der Waals surface area (Å²) in [5.41, 5.74) is 0. The van der Waals surface area contributed by atoms with Gasteiger partial charge < -0.3 is 24.4 Å². The molecule has 314 valence electrons. The number of hydrogen-bond acceptors (Lipinski definition) is 7. The minimum absolute atomic E-state index is 0.102. The summed E-state index contributed by atoms with van der Waals surface area (Å²) in [6.07, 6.45) is 41.5. The third-order valence-electron chi connectivity index (χ3n) is 9.11. The van der Waals surface area contributed by atoms with E-state index in [4.69, 9.17) is 19.3 Å². The van der Waals surface area contributed by atoms with Crippen LogP contribution in [-0.4, -0.2) is 52.3 Å². The molecule has 9 nitrogen and oxygen atoms in total. The van der Waals surface area contributed by atoms with Crippen molar-refractivity contribution < 1.29 is 43.0 Å². The number of aliphatic hydroxyl groups excluding tert-OH is 1. The second-order valence-electron chi connectivity index (χ2n) is 15.0. The molecule has 0 bridgehead atoms. The molecule has 0 aromatic rings. The molecule has 0 unspecified atom stereocenters. The van der Waals surface area contributed by atoms with Crippen LogP contribution in [-0.2, 0) is 28.2 Å². The number of allylic oxidation sites excluding steroid dienone is 6. The summed E-state index contributed by atoms with van der Waals surface area (Å²) in [6.45, 7) is 5.89. The van der Waals surface area contributed by atoms with E-state index < -0.39 is 38.6 Å². The van der Waals surface area contributed by atoms with Crippen LogP contribution in [0.5, 0.6) is 0 Å². The molecule has 0 saturated heterocycles. The lowest BCUT2D eigenvalue weighted by Gasteiger charge is -2.18. The summed E-state index contributed by atoms with van der Waals surface area (Å²) >= 11 is 0. The first-order valence-corrected chi connectivity index (χ1v) is 22.9. The van der Waals surface area contributed by atoms with Gasteiger partial charge in [0.05, 0.1) is 12.7 Å². The zero-order valence-electron chi connectivity index (χ0n) is 34.4. The predicted molar refractivity (Wildman–Crippen MR) is 222 cm³/mol. The maximum atomic E-state index is 12.4. The zero-order valence-corrected chi connectivity index (χ0v) is 35.3. The highest BCUT2D eigenvalue weighted by atomic mass is 31.2. The van der Waals surface area contributed by atoms with E-state index in [9.17, 15) is 19.3 Å². The molecule has 0 amide bonds. The molecule has 0 aromatic carbocycles. The van der Waals surface area contributed by atoms with Gasteiger partial charge in [-0.2, -0.15) is 0 Å². The van der Waals surface area contributed by atoms with Crippen LogP contribution in [0, 0.1) is 5.92 Å². The van der Waals surface area contributed by atoms with Gasteiger partial charge in [-0.3, -0.25) is 14.1 Å². The van der Waals surface area contributed by atoms with Gasteiger partial charge in [0.15, 0.2) is 6.10 Å². The van der Waals surface area contributed by atoms with Crippen LogP contribution in [0.3, 0.4) is 0 Å². The van der Waals surface area contributed by atoms with Crippen molar-refractivity contribution in [3.8, 4) is 0 Å². The molecule has 0 aliphatic heterocycles. The Morgan fingerprint density at radius 3 is 1.78 bits per heavy atom. The average molecular weight is 783 g/mol. The second kappa shape index (κ2) is 37.9. The lowest BCUT2D eigenvalue weighted by atomic mass is 10.0. The number of phosphoric ester groups is 1. The molecule has 0 fully saturated rings. The van der Waals surface area contributed by atoms with Crippen LogP contribution in [0.1, 0.15) is 188 Å². The number of aliphatic hydroxyl groups is 1. The van der Waals surface area contributed by atoms with Crippen LogP contribution < -0.4 is 0 Å². The van der Waals surface area contributed by atoms with E-state index in [1.165, 1.54) is 96.3 Å². The molecule has 54 heavy (non-hydrogen) atoms. The van der Waals surface area contributed by atoms with Gasteiger partial charge in [-0.25, -0.2) is 4.57 Å². The largest absolute Gasteiger partial charge is 0.469 e. The number of esters is 2.